The van der Waals surface area contributed by atoms with Crippen molar-refractivity contribution in [3.05, 3.63) is 28.2 Å². The van der Waals surface area contributed by atoms with E-state index < -0.39 is 18.6 Å². The van der Waals surface area contributed by atoms with Crippen LogP contribution in [0.5, 0.6) is 5.75 Å². The molecule has 0 saturated heterocycles. The lowest BCUT2D eigenvalue weighted by molar-refractivity contribution is -0.140. The lowest BCUT2D eigenvalue weighted by Gasteiger charge is -2.20. The van der Waals surface area contributed by atoms with Gasteiger partial charge in [0.15, 0.2) is 0 Å². The van der Waals surface area contributed by atoms with Gasteiger partial charge in [-0.05, 0) is 24.7 Å². The minimum atomic E-state index is -4.20. The van der Waals surface area contributed by atoms with Crippen LogP contribution in [-0.4, -0.2) is 20.3 Å². The summed E-state index contributed by atoms with van der Waals surface area (Å²) in [5, 5.41) is 2.66. The van der Waals surface area contributed by atoms with E-state index in [-0.39, 0.29) is 0 Å². The van der Waals surface area contributed by atoms with Crippen LogP contribution >= 0.6 is 15.9 Å². The van der Waals surface area contributed by atoms with Crippen molar-refractivity contribution in [3.63, 3.8) is 0 Å². The Morgan fingerprint density at radius 2 is 2.06 bits per heavy atom. The zero-order valence-electron chi connectivity index (χ0n) is 9.44. The van der Waals surface area contributed by atoms with E-state index in [2.05, 4.69) is 21.2 Å². The highest BCUT2D eigenvalue weighted by Crippen LogP contribution is 2.34. The number of nitrogens with one attached hydrogen (secondary N) is 1. The van der Waals surface area contributed by atoms with Crippen molar-refractivity contribution < 1.29 is 17.9 Å². The van der Waals surface area contributed by atoms with E-state index in [9.17, 15) is 13.2 Å². The van der Waals surface area contributed by atoms with Gasteiger partial charge < -0.3 is 10.1 Å². The number of methoxy groups -OCH3 is 1. The van der Waals surface area contributed by atoms with E-state index in [1.165, 1.54) is 14.2 Å². The smallest absolute Gasteiger partial charge is 0.390 e. The molecule has 6 heteroatoms. The summed E-state index contributed by atoms with van der Waals surface area (Å²) in [7, 11) is 3.01. The van der Waals surface area contributed by atoms with Gasteiger partial charge >= 0.3 is 6.18 Å². The first kappa shape index (κ1) is 14.3. The van der Waals surface area contributed by atoms with Crippen LogP contribution < -0.4 is 10.1 Å². The third kappa shape index (κ3) is 4.20. The molecule has 1 N–H and O–H groups in total. The third-order valence-electron chi connectivity index (χ3n) is 2.37. The second-order valence-corrected chi connectivity index (χ2v) is 4.40. The molecule has 96 valence electrons. The number of alkyl halides is 3. The Labute approximate surface area is 106 Å². The topological polar surface area (TPSA) is 21.3 Å². The van der Waals surface area contributed by atoms with Crippen molar-refractivity contribution in [1.29, 1.82) is 0 Å². The van der Waals surface area contributed by atoms with E-state index in [0.29, 0.717) is 15.8 Å². The highest BCUT2D eigenvalue weighted by atomic mass is 79.9. The Bertz CT molecular complexity index is 381. The van der Waals surface area contributed by atoms with Crippen molar-refractivity contribution >= 4 is 15.9 Å². The molecule has 2 nitrogen and oxygen atoms in total. The monoisotopic (exact) mass is 311 g/mol. The molecule has 0 amide bonds. The predicted octanol–water partition coefficient (Wildman–Crippen LogP) is 3.67. The lowest BCUT2D eigenvalue weighted by atomic mass is 10.0. The maximum absolute atomic E-state index is 12.4. The fourth-order valence-electron chi connectivity index (χ4n) is 1.52. The van der Waals surface area contributed by atoms with Gasteiger partial charge in [-0.3, -0.25) is 0 Å². The summed E-state index contributed by atoms with van der Waals surface area (Å²) in [6, 6.07) is 4.14. The van der Waals surface area contributed by atoms with Crippen LogP contribution in [0.15, 0.2) is 22.7 Å². The van der Waals surface area contributed by atoms with Crippen LogP contribution in [0.25, 0.3) is 0 Å². The Hall–Kier alpha value is -0.750. The minimum absolute atomic E-state index is 0.561. The summed E-state index contributed by atoms with van der Waals surface area (Å²) < 4.78 is 42.7. The third-order valence-corrected chi connectivity index (χ3v) is 3.05. The number of rotatable bonds is 4. The molecule has 17 heavy (non-hydrogen) atoms. The van der Waals surface area contributed by atoms with Crippen LogP contribution in [0.3, 0.4) is 0 Å². The molecule has 0 fully saturated rings. The van der Waals surface area contributed by atoms with Crippen molar-refractivity contribution in [3.8, 4) is 5.75 Å². The van der Waals surface area contributed by atoms with E-state index in [1.54, 1.807) is 18.2 Å². The fraction of sp³-hybridized carbons (Fsp3) is 0.455. The first-order valence-corrected chi connectivity index (χ1v) is 5.74. The van der Waals surface area contributed by atoms with Crippen molar-refractivity contribution in [1.82, 2.24) is 5.32 Å². The molecule has 1 aromatic carbocycles. The fourth-order valence-corrected chi connectivity index (χ4v) is 2.15. The molecule has 0 saturated carbocycles. The Balaban J connectivity index is 2.96. The van der Waals surface area contributed by atoms with Gasteiger partial charge in [-0.1, -0.05) is 22.0 Å². The molecular formula is C11H13BrF3NO. The Morgan fingerprint density at radius 3 is 2.47 bits per heavy atom. The SMILES string of the molecule is CNC(CC(F)(F)F)c1ccc(OC)cc1Br. The molecule has 0 heterocycles. The van der Waals surface area contributed by atoms with Crippen molar-refractivity contribution in [2.75, 3.05) is 14.2 Å². The minimum Gasteiger partial charge on any atom is -0.497 e. The van der Waals surface area contributed by atoms with Crippen LogP contribution in [-0.2, 0) is 0 Å². The van der Waals surface area contributed by atoms with Gasteiger partial charge in [-0.15, -0.1) is 0 Å². The van der Waals surface area contributed by atoms with E-state index in [1.807, 2.05) is 0 Å². The average molecular weight is 312 g/mol. The molecule has 0 bridgehead atoms. The molecule has 0 aliphatic rings. The molecule has 0 aliphatic heterocycles. The number of ether oxygens (including phenoxy) is 1. The zero-order chi connectivity index (χ0) is 13.1. The largest absolute Gasteiger partial charge is 0.497 e. The maximum Gasteiger partial charge on any atom is 0.390 e. The summed E-state index contributed by atoms with van der Waals surface area (Å²) in [4.78, 5) is 0. The highest BCUT2D eigenvalue weighted by molar-refractivity contribution is 9.10. The van der Waals surface area contributed by atoms with Crippen LogP contribution in [0.1, 0.15) is 18.0 Å². The summed E-state index contributed by atoms with van der Waals surface area (Å²) in [6.07, 6.45) is -5.11. The van der Waals surface area contributed by atoms with Gasteiger partial charge in [0.25, 0.3) is 0 Å². The zero-order valence-corrected chi connectivity index (χ0v) is 11.0. The summed E-state index contributed by atoms with van der Waals surface area (Å²) in [5.41, 5.74) is 0.561. The molecule has 1 aromatic rings. The molecule has 0 aromatic heterocycles. The van der Waals surface area contributed by atoms with Gasteiger partial charge in [-0.2, -0.15) is 13.2 Å². The standard InChI is InChI=1S/C11H13BrF3NO/c1-16-10(6-11(13,14)15)8-4-3-7(17-2)5-9(8)12/h3-5,10,16H,6H2,1-2H3. The van der Waals surface area contributed by atoms with Gasteiger partial charge in [0.1, 0.15) is 5.75 Å². The predicted molar refractivity (Wildman–Crippen MR) is 63.2 cm³/mol. The second kappa shape index (κ2) is 5.73. The molecule has 0 spiro atoms. The maximum atomic E-state index is 12.4. The summed E-state index contributed by atoms with van der Waals surface area (Å²) in [5.74, 6) is 0.600. The average Bonchev–Trinajstić information content (AvgIpc) is 2.24. The van der Waals surface area contributed by atoms with E-state index in [0.717, 1.165) is 0 Å². The van der Waals surface area contributed by atoms with Gasteiger partial charge in [0, 0.05) is 10.5 Å². The van der Waals surface area contributed by atoms with Gasteiger partial charge in [0.2, 0.25) is 0 Å². The van der Waals surface area contributed by atoms with E-state index in [4.69, 9.17) is 4.74 Å². The van der Waals surface area contributed by atoms with Crippen molar-refractivity contribution in [2.45, 2.75) is 18.6 Å². The molecule has 1 atom stereocenters. The summed E-state index contributed by atoms with van der Waals surface area (Å²) in [6.45, 7) is 0. The number of halogens is 4. The second-order valence-electron chi connectivity index (χ2n) is 3.55. The normalized spacial score (nSPS) is 13.5. The summed E-state index contributed by atoms with van der Waals surface area (Å²) >= 11 is 3.25. The Morgan fingerprint density at radius 1 is 1.41 bits per heavy atom. The molecule has 1 rings (SSSR count). The highest BCUT2D eigenvalue weighted by Gasteiger charge is 2.32. The van der Waals surface area contributed by atoms with Crippen LogP contribution in [0.4, 0.5) is 13.2 Å². The quantitative estimate of drug-likeness (QED) is 0.916. The van der Waals surface area contributed by atoms with Gasteiger partial charge in [-0.25, -0.2) is 0 Å². The number of benzene rings is 1. The molecule has 0 aliphatic carbocycles. The molecular weight excluding hydrogens is 299 g/mol. The van der Waals surface area contributed by atoms with Gasteiger partial charge in [0.05, 0.1) is 13.5 Å². The van der Waals surface area contributed by atoms with E-state index >= 15 is 0 Å². The number of hydrogen-bond donors (Lipinski definition) is 1. The molecule has 0 radical (unpaired) electrons. The Kier molecular flexibility index (Phi) is 4.82. The lowest BCUT2D eigenvalue weighted by Crippen LogP contribution is -2.24. The number of hydrogen-bond acceptors (Lipinski definition) is 2. The molecule has 1 unspecified atom stereocenters. The van der Waals surface area contributed by atoms with Crippen molar-refractivity contribution in [2.24, 2.45) is 0 Å². The van der Waals surface area contributed by atoms with Crippen LogP contribution in [0, 0.1) is 0 Å². The first-order chi connectivity index (χ1) is 7.87. The van der Waals surface area contributed by atoms with Crippen LogP contribution in [0.2, 0.25) is 0 Å². The first-order valence-electron chi connectivity index (χ1n) is 4.95.